The molecule has 1 aromatic heterocycles. The Bertz CT molecular complexity index is 1480. The lowest BCUT2D eigenvalue weighted by Gasteiger charge is -2.19. The number of Topliss-reactive ketones (excluding diaryl/α,β-unsaturated/α-hetero) is 1. The lowest BCUT2D eigenvalue weighted by Crippen LogP contribution is -2.17. The number of fused-ring (bicyclic) bond motifs is 2. The van der Waals surface area contributed by atoms with Crippen molar-refractivity contribution in [1.29, 1.82) is 0 Å². The summed E-state index contributed by atoms with van der Waals surface area (Å²) in [4.78, 5) is 26.5. The van der Waals surface area contributed by atoms with Crippen molar-refractivity contribution in [2.75, 3.05) is 20.3 Å². The largest absolute Gasteiger partial charge is 0.496 e. The molecule has 0 saturated carbocycles. The third-order valence-electron chi connectivity index (χ3n) is 5.70. The Kier molecular flexibility index (Phi) is 6.15. The highest BCUT2D eigenvalue weighted by Gasteiger charge is 2.26. The Balaban J connectivity index is 1.69. The van der Waals surface area contributed by atoms with Gasteiger partial charge in [0.1, 0.15) is 30.0 Å². The minimum absolute atomic E-state index is 0.0479. The summed E-state index contributed by atoms with van der Waals surface area (Å²) in [5.74, 6) is -0.0949. The highest BCUT2D eigenvalue weighted by Crippen LogP contribution is 2.34. The molecule has 1 aliphatic rings. The van der Waals surface area contributed by atoms with Gasteiger partial charge in [-0.3, -0.25) is 4.79 Å². The van der Waals surface area contributed by atoms with Crippen molar-refractivity contribution in [2.24, 2.45) is 0 Å². The van der Waals surface area contributed by atoms with E-state index in [-0.39, 0.29) is 17.6 Å². The summed E-state index contributed by atoms with van der Waals surface area (Å²) < 4.78 is 25.1. The van der Waals surface area contributed by atoms with Crippen LogP contribution in [-0.2, 0) is 11.2 Å². The van der Waals surface area contributed by atoms with Gasteiger partial charge in [0.15, 0.2) is 17.3 Å². The molecule has 1 N–H and O–H groups in total. The maximum Gasteiger partial charge on any atom is 0.336 e. The lowest BCUT2D eigenvalue weighted by molar-refractivity contribution is -0.130. The number of hydrogen-bond donors (Lipinski definition) is 1. The number of carbonyl (C=O) groups is 2. The number of carbonyl (C=O) groups excluding carboxylic acids is 1. The first-order valence-corrected chi connectivity index (χ1v) is 11.5. The van der Waals surface area contributed by atoms with Gasteiger partial charge in [0.2, 0.25) is 0 Å². The normalized spacial score (nSPS) is 13.3. The molecule has 4 aromatic rings. The fourth-order valence-corrected chi connectivity index (χ4v) is 4.56. The molecule has 0 aliphatic carbocycles. The molecular formula is C26H20N2O6S. The molecule has 176 valence electrons. The van der Waals surface area contributed by atoms with Crippen molar-refractivity contribution >= 4 is 40.1 Å². The maximum atomic E-state index is 13.9. The molecule has 0 amide bonds. The zero-order chi connectivity index (χ0) is 24.4. The van der Waals surface area contributed by atoms with Crippen molar-refractivity contribution in [3.8, 4) is 17.2 Å². The molecule has 5 rings (SSSR count). The Morgan fingerprint density at radius 3 is 2.49 bits per heavy atom. The third-order valence-corrected chi connectivity index (χ3v) is 6.25. The number of para-hydroxylation sites is 1. The van der Waals surface area contributed by atoms with E-state index in [0.717, 1.165) is 11.7 Å². The van der Waals surface area contributed by atoms with E-state index in [4.69, 9.17) is 14.2 Å². The average molecular weight is 489 g/mol. The SMILES string of the molecule is COc1ccccc1C/C(C(=O)c1ccc2c(c1)OCCO2)=C(\C(=O)O)c1ccc2nsnc2c1. The molecule has 35 heavy (non-hydrogen) atoms. The number of ketones is 1. The zero-order valence-corrected chi connectivity index (χ0v) is 19.5. The molecule has 2 heterocycles. The number of carboxylic acids is 1. The summed E-state index contributed by atoms with van der Waals surface area (Å²) in [5, 5.41) is 10.3. The smallest absolute Gasteiger partial charge is 0.336 e. The summed E-state index contributed by atoms with van der Waals surface area (Å²) in [7, 11) is 1.53. The molecule has 0 fully saturated rings. The van der Waals surface area contributed by atoms with Crippen LogP contribution < -0.4 is 14.2 Å². The van der Waals surface area contributed by atoms with E-state index in [1.54, 1.807) is 42.5 Å². The molecule has 8 nitrogen and oxygen atoms in total. The number of methoxy groups -OCH3 is 1. The van der Waals surface area contributed by atoms with Crippen LogP contribution in [0.25, 0.3) is 16.6 Å². The van der Waals surface area contributed by atoms with E-state index in [1.165, 1.54) is 7.11 Å². The summed E-state index contributed by atoms with van der Waals surface area (Å²) in [5.41, 5.74) is 2.59. The van der Waals surface area contributed by atoms with E-state index in [2.05, 4.69) is 8.75 Å². The van der Waals surface area contributed by atoms with Gasteiger partial charge in [0.25, 0.3) is 0 Å². The minimum atomic E-state index is -1.22. The molecule has 0 unspecified atom stereocenters. The first-order chi connectivity index (χ1) is 17.0. The van der Waals surface area contributed by atoms with Crippen molar-refractivity contribution in [1.82, 2.24) is 8.75 Å². The summed E-state index contributed by atoms with van der Waals surface area (Å²) in [6, 6.07) is 17.1. The van der Waals surface area contributed by atoms with Crippen LogP contribution in [0, 0.1) is 0 Å². The number of aliphatic carboxylic acids is 1. The van der Waals surface area contributed by atoms with Crippen molar-refractivity contribution in [3.05, 3.63) is 82.9 Å². The number of allylic oxidation sites excluding steroid dienone is 1. The highest BCUT2D eigenvalue weighted by atomic mass is 32.1. The number of aromatic nitrogens is 2. The van der Waals surface area contributed by atoms with Gasteiger partial charge in [-0.25, -0.2) is 4.79 Å². The number of benzene rings is 3. The topological polar surface area (TPSA) is 108 Å². The Labute approximate surface area is 204 Å². The van der Waals surface area contributed by atoms with Gasteiger partial charge in [-0.15, -0.1) is 0 Å². The number of carboxylic acid groups (broad SMARTS) is 1. The Morgan fingerprint density at radius 1 is 0.943 bits per heavy atom. The quantitative estimate of drug-likeness (QED) is 0.301. The van der Waals surface area contributed by atoms with Crippen LogP contribution in [0.15, 0.2) is 66.2 Å². The van der Waals surface area contributed by atoms with Crippen LogP contribution in [-0.4, -0.2) is 45.9 Å². The predicted molar refractivity (Wildman–Crippen MR) is 130 cm³/mol. The van der Waals surface area contributed by atoms with Crippen LogP contribution in [0.4, 0.5) is 0 Å². The molecule has 9 heteroatoms. The Hall–Kier alpha value is -4.24. The zero-order valence-electron chi connectivity index (χ0n) is 18.7. The highest BCUT2D eigenvalue weighted by molar-refractivity contribution is 7.00. The minimum Gasteiger partial charge on any atom is -0.496 e. The number of hydrogen-bond acceptors (Lipinski definition) is 8. The molecule has 0 saturated heterocycles. The van der Waals surface area contributed by atoms with Gasteiger partial charge in [-0.05, 0) is 47.5 Å². The van der Waals surface area contributed by atoms with E-state index in [1.807, 2.05) is 18.2 Å². The van der Waals surface area contributed by atoms with Crippen LogP contribution in [0.2, 0.25) is 0 Å². The first-order valence-electron chi connectivity index (χ1n) is 10.8. The van der Waals surface area contributed by atoms with Gasteiger partial charge in [-0.2, -0.15) is 8.75 Å². The molecule has 1 aliphatic heterocycles. The molecule has 3 aromatic carbocycles. The van der Waals surface area contributed by atoms with Crippen molar-refractivity contribution < 1.29 is 28.9 Å². The van der Waals surface area contributed by atoms with E-state index in [0.29, 0.717) is 58.2 Å². The van der Waals surface area contributed by atoms with Gasteiger partial charge in [0, 0.05) is 17.6 Å². The van der Waals surface area contributed by atoms with Crippen molar-refractivity contribution in [3.63, 3.8) is 0 Å². The van der Waals surface area contributed by atoms with Crippen LogP contribution in [0.3, 0.4) is 0 Å². The number of ether oxygens (including phenoxy) is 3. The van der Waals surface area contributed by atoms with Gasteiger partial charge >= 0.3 is 5.97 Å². The van der Waals surface area contributed by atoms with Crippen molar-refractivity contribution in [2.45, 2.75) is 6.42 Å². The first kappa shape index (κ1) is 22.5. The number of nitrogens with zero attached hydrogens (tertiary/aromatic N) is 2. The molecular weight excluding hydrogens is 468 g/mol. The molecule has 0 spiro atoms. The predicted octanol–water partition coefficient (Wildman–Crippen LogP) is 4.43. The fourth-order valence-electron chi connectivity index (χ4n) is 4.04. The van der Waals surface area contributed by atoms with Gasteiger partial charge in [-0.1, -0.05) is 24.3 Å². The van der Waals surface area contributed by atoms with E-state index < -0.39 is 11.8 Å². The lowest BCUT2D eigenvalue weighted by atomic mass is 9.89. The second kappa shape index (κ2) is 9.55. The van der Waals surface area contributed by atoms with E-state index in [9.17, 15) is 14.7 Å². The third kappa shape index (κ3) is 4.45. The van der Waals surface area contributed by atoms with Crippen LogP contribution >= 0.6 is 11.7 Å². The molecule has 0 atom stereocenters. The summed E-state index contributed by atoms with van der Waals surface area (Å²) >= 11 is 1.04. The second-order valence-corrected chi connectivity index (χ2v) is 8.33. The monoisotopic (exact) mass is 488 g/mol. The molecule has 0 bridgehead atoms. The van der Waals surface area contributed by atoms with Gasteiger partial charge < -0.3 is 19.3 Å². The maximum absolute atomic E-state index is 13.9. The van der Waals surface area contributed by atoms with Gasteiger partial charge in [0.05, 0.1) is 24.4 Å². The standard InChI is InChI=1S/C26H20N2O6S/c1-32-21-5-3-2-4-15(21)12-18(25(29)17-7-9-22-23(14-17)34-11-10-33-22)24(26(30)31)16-6-8-19-20(13-16)28-35-27-19/h2-9,13-14H,10-12H2,1H3,(H,30,31)/b24-18+. The van der Waals surface area contributed by atoms with Crippen LogP contribution in [0.1, 0.15) is 21.5 Å². The van der Waals surface area contributed by atoms with E-state index >= 15 is 0 Å². The molecule has 0 radical (unpaired) electrons. The second-order valence-electron chi connectivity index (χ2n) is 7.80. The average Bonchev–Trinajstić information content (AvgIpc) is 3.36. The van der Waals surface area contributed by atoms with Crippen LogP contribution in [0.5, 0.6) is 17.2 Å². The fraction of sp³-hybridized carbons (Fsp3) is 0.154. The Morgan fingerprint density at radius 2 is 1.69 bits per heavy atom. The summed E-state index contributed by atoms with van der Waals surface area (Å²) in [6.45, 7) is 0.799. The number of rotatable bonds is 7. The summed E-state index contributed by atoms with van der Waals surface area (Å²) in [6.07, 6.45) is 0.0479.